The van der Waals surface area contributed by atoms with Crippen LogP contribution in [0.3, 0.4) is 0 Å². The highest BCUT2D eigenvalue weighted by molar-refractivity contribution is 5.70. The van der Waals surface area contributed by atoms with Gasteiger partial charge in [-0.3, -0.25) is 0 Å². The zero-order valence-electron chi connectivity index (χ0n) is 18.7. The lowest BCUT2D eigenvalue weighted by Gasteiger charge is -2.30. The highest BCUT2D eigenvalue weighted by Gasteiger charge is 2.21. The molecule has 1 saturated heterocycles. The number of aliphatic hydroxyl groups is 1. The Morgan fingerprint density at radius 2 is 1.81 bits per heavy atom. The Balaban J connectivity index is 1.37. The lowest BCUT2D eigenvalue weighted by Crippen LogP contribution is -2.38. The summed E-state index contributed by atoms with van der Waals surface area (Å²) in [6, 6.07) is 10.6. The van der Waals surface area contributed by atoms with Crippen molar-refractivity contribution in [1.82, 2.24) is 10.3 Å². The van der Waals surface area contributed by atoms with Gasteiger partial charge in [0.15, 0.2) is 0 Å². The van der Waals surface area contributed by atoms with Gasteiger partial charge in [-0.2, -0.15) is 0 Å². The molecule has 1 aromatic carbocycles. The lowest BCUT2D eigenvalue weighted by molar-refractivity contribution is 0.0699. The molecule has 1 aromatic heterocycles. The number of benzene rings is 1. The number of pyridine rings is 1. The highest BCUT2D eigenvalue weighted by Crippen LogP contribution is 2.29. The van der Waals surface area contributed by atoms with Crippen molar-refractivity contribution < 1.29 is 14.2 Å². The maximum Gasteiger partial charge on any atom is 0.149 e. The Bertz CT molecular complexity index is 852. The average Bonchev–Trinajstić information content (AvgIpc) is 2.84. The summed E-state index contributed by atoms with van der Waals surface area (Å²) in [4.78, 5) is 4.28. The average molecular weight is 443 g/mol. The maximum atomic E-state index is 14.7. The van der Waals surface area contributed by atoms with E-state index in [9.17, 15) is 4.39 Å². The van der Waals surface area contributed by atoms with E-state index in [0.29, 0.717) is 35.9 Å². The summed E-state index contributed by atoms with van der Waals surface area (Å²) in [5.41, 5.74) is 2.42. The summed E-state index contributed by atoms with van der Waals surface area (Å²) in [7, 11) is 0. The Labute approximate surface area is 190 Å². The fourth-order valence-corrected chi connectivity index (χ4v) is 4.67. The topological polar surface area (TPSA) is 78.4 Å². The molecule has 6 nitrogen and oxygen atoms in total. The Kier molecular flexibility index (Phi) is 8.31. The third-order valence-electron chi connectivity index (χ3n) is 6.59. The van der Waals surface area contributed by atoms with E-state index in [2.05, 4.69) is 20.9 Å². The summed E-state index contributed by atoms with van der Waals surface area (Å²) in [6.45, 7) is 3.41. The van der Waals surface area contributed by atoms with E-state index in [1.807, 2.05) is 30.3 Å². The molecule has 2 heterocycles. The van der Waals surface area contributed by atoms with Crippen LogP contribution in [0, 0.1) is 11.7 Å². The van der Waals surface area contributed by atoms with Crippen molar-refractivity contribution in [2.75, 3.05) is 43.5 Å². The lowest BCUT2D eigenvalue weighted by atomic mass is 9.91. The maximum absolute atomic E-state index is 14.7. The predicted octanol–water partition coefficient (Wildman–Crippen LogP) is 4.03. The van der Waals surface area contributed by atoms with E-state index in [4.69, 9.17) is 9.84 Å². The van der Waals surface area contributed by atoms with Gasteiger partial charge in [-0.25, -0.2) is 9.37 Å². The zero-order chi connectivity index (χ0) is 22.2. The normalized spacial score (nSPS) is 21.9. The SMILES string of the molecule is OCCNC1CCC(Nc2cc(-c3cccc(NCC4CCOCC4)c3)c(F)cn2)CC1. The van der Waals surface area contributed by atoms with Crippen LogP contribution in [0.25, 0.3) is 11.1 Å². The Morgan fingerprint density at radius 1 is 1.03 bits per heavy atom. The first-order valence-electron chi connectivity index (χ1n) is 11.9. The number of ether oxygens (including phenoxy) is 1. The van der Waals surface area contributed by atoms with Gasteiger partial charge < -0.3 is 25.8 Å². The van der Waals surface area contributed by atoms with E-state index in [-0.39, 0.29) is 12.4 Å². The van der Waals surface area contributed by atoms with Crippen molar-refractivity contribution in [3.05, 3.63) is 42.3 Å². The summed E-state index contributed by atoms with van der Waals surface area (Å²) >= 11 is 0. The van der Waals surface area contributed by atoms with Crippen LogP contribution in [-0.2, 0) is 4.74 Å². The minimum absolute atomic E-state index is 0.173. The molecular formula is C25H35FN4O2. The second kappa shape index (κ2) is 11.6. The van der Waals surface area contributed by atoms with Crippen LogP contribution < -0.4 is 16.0 Å². The molecule has 0 bridgehead atoms. The third kappa shape index (κ3) is 6.40. The van der Waals surface area contributed by atoms with Crippen molar-refractivity contribution in [3.63, 3.8) is 0 Å². The van der Waals surface area contributed by atoms with Crippen LogP contribution >= 0.6 is 0 Å². The first-order valence-corrected chi connectivity index (χ1v) is 11.9. The predicted molar refractivity (Wildman–Crippen MR) is 126 cm³/mol. The van der Waals surface area contributed by atoms with Gasteiger partial charge in [0, 0.05) is 49.6 Å². The molecule has 0 radical (unpaired) electrons. The molecule has 1 aliphatic heterocycles. The Hall–Kier alpha value is -2.22. The molecule has 1 saturated carbocycles. The van der Waals surface area contributed by atoms with Crippen molar-refractivity contribution >= 4 is 11.5 Å². The Morgan fingerprint density at radius 3 is 2.59 bits per heavy atom. The molecule has 2 aliphatic rings. The van der Waals surface area contributed by atoms with Crippen molar-refractivity contribution in [1.29, 1.82) is 0 Å². The molecule has 32 heavy (non-hydrogen) atoms. The number of hydrogen-bond acceptors (Lipinski definition) is 6. The molecule has 0 atom stereocenters. The molecular weight excluding hydrogens is 407 g/mol. The number of aliphatic hydroxyl groups excluding tert-OH is 1. The third-order valence-corrected chi connectivity index (χ3v) is 6.59. The van der Waals surface area contributed by atoms with Crippen molar-refractivity contribution in [2.45, 2.75) is 50.6 Å². The quantitative estimate of drug-likeness (QED) is 0.470. The van der Waals surface area contributed by atoms with Gasteiger partial charge in [0.1, 0.15) is 11.6 Å². The first kappa shape index (κ1) is 23.0. The minimum Gasteiger partial charge on any atom is -0.395 e. The minimum atomic E-state index is -0.311. The molecule has 0 unspecified atom stereocenters. The second-order valence-electron chi connectivity index (χ2n) is 8.94. The van der Waals surface area contributed by atoms with Gasteiger partial charge in [0.25, 0.3) is 0 Å². The fourth-order valence-electron chi connectivity index (χ4n) is 4.67. The van der Waals surface area contributed by atoms with Crippen LogP contribution in [-0.4, -0.2) is 55.1 Å². The zero-order valence-corrected chi connectivity index (χ0v) is 18.7. The number of nitrogens with zero attached hydrogens (tertiary/aromatic N) is 1. The van der Waals surface area contributed by atoms with Gasteiger partial charge in [0.05, 0.1) is 12.8 Å². The van der Waals surface area contributed by atoms with Crippen LogP contribution in [0.15, 0.2) is 36.5 Å². The fraction of sp³-hybridized carbons (Fsp3) is 0.560. The molecule has 4 rings (SSSR count). The van der Waals surface area contributed by atoms with Crippen LogP contribution in [0.2, 0.25) is 0 Å². The monoisotopic (exact) mass is 442 g/mol. The van der Waals surface area contributed by atoms with E-state index < -0.39 is 0 Å². The van der Waals surface area contributed by atoms with Gasteiger partial charge in [-0.05, 0) is 68.2 Å². The van der Waals surface area contributed by atoms with Crippen LogP contribution in [0.4, 0.5) is 15.9 Å². The second-order valence-corrected chi connectivity index (χ2v) is 8.94. The van der Waals surface area contributed by atoms with Gasteiger partial charge in [0.2, 0.25) is 0 Å². The highest BCUT2D eigenvalue weighted by atomic mass is 19.1. The molecule has 174 valence electrons. The van der Waals surface area contributed by atoms with Crippen LogP contribution in [0.1, 0.15) is 38.5 Å². The van der Waals surface area contributed by atoms with E-state index >= 15 is 0 Å². The smallest absolute Gasteiger partial charge is 0.149 e. The van der Waals surface area contributed by atoms with Crippen LogP contribution in [0.5, 0.6) is 0 Å². The molecule has 0 amide bonds. The molecule has 2 fully saturated rings. The van der Waals surface area contributed by atoms with E-state index in [1.165, 1.54) is 6.20 Å². The van der Waals surface area contributed by atoms with E-state index in [0.717, 1.165) is 69.5 Å². The molecule has 1 aliphatic carbocycles. The van der Waals surface area contributed by atoms with Gasteiger partial charge in [-0.15, -0.1) is 0 Å². The number of halogens is 1. The number of hydrogen-bond donors (Lipinski definition) is 4. The van der Waals surface area contributed by atoms with Gasteiger partial charge >= 0.3 is 0 Å². The first-order chi connectivity index (χ1) is 15.7. The molecule has 7 heteroatoms. The summed E-state index contributed by atoms with van der Waals surface area (Å²) in [6.07, 6.45) is 7.67. The summed E-state index contributed by atoms with van der Waals surface area (Å²) < 4.78 is 20.1. The molecule has 4 N–H and O–H groups in total. The number of anilines is 2. The van der Waals surface area contributed by atoms with E-state index in [1.54, 1.807) is 0 Å². The standard InChI is InChI=1S/C25H35FN4O2/c26-24-17-29-25(30-21-6-4-20(5-7-21)27-10-11-31)15-23(24)19-2-1-3-22(14-19)28-16-18-8-12-32-13-9-18/h1-3,14-15,17-18,20-21,27-28,31H,4-13,16H2,(H,29,30). The molecule has 0 spiro atoms. The van der Waals surface area contributed by atoms with Crippen molar-refractivity contribution in [3.8, 4) is 11.1 Å². The number of nitrogens with one attached hydrogen (secondary N) is 3. The summed E-state index contributed by atoms with van der Waals surface area (Å²) in [5, 5.41) is 19.4. The summed E-state index contributed by atoms with van der Waals surface area (Å²) in [5.74, 6) is 1.03. The number of rotatable bonds is 9. The van der Waals surface area contributed by atoms with Gasteiger partial charge in [-0.1, -0.05) is 12.1 Å². The number of aromatic nitrogens is 1. The largest absolute Gasteiger partial charge is 0.395 e. The van der Waals surface area contributed by atoms with Crippen molar-refractivity contribution in [2.24, 2.45) is 5.92 Å². The molecule has 2 aromatic rings.